The molecule has 0 heterocycles. The van der Waals surface area contributed by atoms with Crippen LogP contribution in [-0.4, -0.2) is 25.4 Å². The molecule has 2 radical (unpaired) electrons. The highest BCUT2D eigenvalue weighted by Gasteiger charge is 1.99. The van der Waals surface area contributed by atoms with Gasteiger partial charge in [0.05, 0.1) is 0 Å². The van der Waals surface area contributed by atoms with Gasteiger partial charge >= 0.3 is 15.4 Å². The van der Waals surface area contributed by atoms with Crippen LogP contribution < -0.4 is 0 Å². The molecule has 0 saturated carbocycles. The zero-order valence-electron chi connectivity index (χ0n) is 11.4. The topological polar surface area (TPSA) is 49.7 Å². The smallest absolute Gasteiger partial charge is 0.456 e. The van der Waals surface area contributed by atoms with E-state index in [9.17, 15) is 0 Å². The maximum Gasteiger partial charge on any atom is 0.469 e. The third-order valence-electron chi connectivity index (χ3n) is 3.12. The number of rotatable bonds is 3. The number of fused-ring (bicyclic) bond motifs is 2. The highest BCUT2D eigenvalue weighted by Crippen LogP contribution is 2.25. The van der Waals surface area contributed by atoms with Crippen LogP contribution in [0.5, 0.6) is 0 Å². The lowest BCUT2D eigenvalue weighted by Crippen LogP contribution is -2.00. The van der Waals surface area contributed by atoms with Crippen molar-refractivity contribution in [2.45, 2.75) is 0 Å². The first-order valence-electron chi connectivity index (χ1n) is 6.41. The molecule has 0 spiro atoms. The Labute approximate surface area is 125 Å². The molecule has 2 N–H and O–H groups in total. The van der Waals surface area contributed by atoms with Gasteiger partial charge in [0, 0.05) is 0 Å². The minimum Gasteiger partial charge on any atom is -0.456 e. The van der Waals surface area contributed by atoms with Crippen LogP contribution in [0.25, 0.3) is 27.6 Å². The lowest BCUT2D eigenvalue weighted by atomic mass is 10.00. The van der Waals surface area contributed by atoms with Gasteiger partial charge < -0.3 is 14.6 Å². The van der Waals surface area contributed by atoms with E-state index in [-0.39, 0.29) is 0 Å². The van der Waals surface area contributed by atoms with Crippen LogP contribution in [-0.2, 0) is 4.57 Å². The fourth-order valence-electron chi connectivity index (χ4n) is 2.20. The third kappa shape index (κ3) is 3.73. The summed E-state index contributed by atoms with van der Waals surface area (Å²) < 4.78 is 3.69. The summed E-state index contributed by atoms with van der Waals surface area (Å²) in [4.78, 5) is 0. The molecule has 5 heteroatoms. The maximum absolute atomic E-state index is 7.53. The summed E-state index contributed by atoms with van der Waals surface area (Å²) in [6, 6.07) is 19.2. The molecule has 0 bridgehead atoms. The van der Waals surface area contributed by atoms with E-state index in [0.717, 1.165) is 0 Å². The molecular weight excluding hydrogens is 262 g/mol. The van der Waals surface area contributed by atoms with Crippen LogP contribution in [0.3, 0.4) is 0 Å². The molecule has 3 aromatic carbocycles. The highest BCUT2D eigenvalue weighted by atomic mass is 16.5. The van der Waals surface area contributed by atoms with Gasteiger partial charge in [0.15, 0.2) is 0 Å². The minimum atomic E-state index is 0.375. The summed E-state index contributed by atoms with van der Waals surface area (Å²) >= 11 is 0. The highest BCUT2D eigenvalue weighted by molar-refractivity contribution is 6.32. The molecule has 102 valence electrons. The van der Waals surface area contributed by atoms with Crippen molar-refractivity contribution in [3.8, 4) is 0 Å². The molecule has 0 fully saturated rings. The standard InChI is InChI=1S/C16H12.B2H2O3/c1-2-12-8-5-9-15-10-13-6-3-4-7-14(13)11-16(12)15;3-1-5-2-4/h2-11H,1H2;3-4H. The van der Waals surface area contributed by atoms with E-state index in [1.807, 2.05) is 6.08 Å². The Morgan fingerprint density at radius 3 is 2.05 bits per heavy atom. The minimum absolute atomic E-state index is 0.375. The summed E-state index contributed by atoms with van der Waals surface area (Å²) in [6.07, 6.45) is 1.91. The van der Waals surface area contributed by atoms with Crippen LogP contribution >= 0.6 is 0 Å². The number of hydrogen-bond donors (Lipinski definition) is 2. The predicted molar refractivity (Wildman–Crippen MR) is 88.6 cm³/mol. The molecule has 21 heavy (non-hydrogen) atoms. The molecule has 0 aliphatic rings. The summed E-state index contributed by atoms with van der Waals surface area (Å²) in [5.41, 5.74) is 1.20. The van der Waals surface area contributed by atoms with Gasteiger partial charge in [0.1, 0.15) is 0 Å². The van der Waals surface area contributed by atoms with Gasteiger partial charge in [-0.05, 0) is 39.2 Å². The van der Waals surface area contributed by atoms with E-state index in [2.05, 4.69) is 65.7 Å². The van der Waals surface area contributed by atoms with Gasteiger partial charge in [0.2, 0.25) is 0 Å². The largest absolute Gasteiger partial charge is 0.469 e. The average molecular weight is 276 g/mol. The molecule has 3 rings (SSSR count). The maximum atomic E-state index is 7.53. The molecule has 0 aliphatic carbocycles. The van der Waals surface area contributed by atoms with E-state index in [4.69, 9.17) is 10.0 Å². The number of hydrogen-bond acceptors (Lipinski definition) is 3. The summed E-state index contributed by atoms with van der Waals surface area (Å²) in [5.74, 6) is 0. The van der Waals surface area contributed by atoms with E-state index in [1.165, 1.54) is 27.1 Å². The Bertz CT molecular complexity index is 742. The first-order valence-corrected chi connectivity index (χ1v) is 6.41. The van der Waals surface area contributed by atoms with Crippen molar-refractivity contribution >= 4 is 43.0 Å². The van der Waals surface area contributed by atoms with Crippen molar-refractivity contribution in [2.24, 2.45) is 0 Å². The van der Waals surface area contributed by atoms with Crippen LogP contribution in [0, 0.1) is 0 Å². The Hall–Kier alpha value is -2.07. The van der Waals surface area contributed by atoms with E-state index in [0.29, 0.717) is 15.4 Å². The predicted octanol–water partition coefficient (Wildman–Crippen LogP) is 2.69. The van der Waals surface area contributed by atoms with Gasteiger partial charge in [-0.15, -0.1) is 0 Å². The fourth-order valence-corrected chi connectivity index (χ4v) is 2.20. The molecule has 0 atom stereocenters. The molecule has 0 aliphatic heterocycles. The van der Waals surface area contributed by atoms with Crippen molar-refractivity contribution in [1.29, 1.82) is 0 Å². The van der Waals surface area contributed by atoms with Crippen molar-refractivity contribution < 1.29 is 14.6 Å². The van der Waals surface area contributed by atoms with Crippen molar-refractivity contribution in [1.82, 2.24) is 0 Å². The Morgan fingerprint density at radius 2 is 1.48 bits per heavy atom. The number of benzene rings is 3. The van der Waals surface area contributed by atoms with Crippen LogP contribution in [0.15, 0.2) is 61.2 Å². The Kier molecular flexibility index (Phi) is 5.58. The SMILES string of the molecule is C=Cc1cccc2cc3ccccc3cc12.O[B]O[B]O. The van der Waals surface area contributed by atoms with Crippen molar-refractivity contribution in [3.05, 3.63) is 66.7 Å². The molecule has 0 saturated heterocycles. The first kappa shape index (κ1) is 15.3. The van der Waals surface area contributed by atoms with Crippen molar-refractivity contribution in [3.63, 3.8) is 0 Å². The Balaban J connectivity index is 0.000000282. The molecule has 0 unspecified atom stereocenters. The molecule has 3 nitrogen and oxygen atoms in total. The van der Waals surface area contributed by atoms with E-state index < -0.39 is 0 Å². The normalized spacial score (nSPS) is 9.81. The van der Waals surface area contributed by atoms with E-state index >= 15 is 0 Å². The second kappa shape index (κ2) is 7.64. The van der Waals surface area contributed by atoms with Crippen LogP contribution in [0.1, 0.15) is 5.56 Å². The lowest BCUT2D eigenvalue weighted by molar-refractivity contribution is 0.408. The fraction of sp³-hybridized carbons (Fsp3) is 0. The van der Waals surface area contributed by atoms with E-state index in [1.54, 1.807) is 0 Å². The van der Waals surface area contributed by atoms with Gasteiger partial charge in [-0.1, -0.05) is 55.1 Å². The monoisotopic (exact) mass is 276 g/mol. The van der Waals surface area contributed by atoms with Crippen LogP contribution in [0.2, 0.25) is 0 Å². The van der Waals surface area contributed by atoms with Crippen LogP contribution in [0.4, 0.5) is 0 Å². The second-order valence-electron chi connectivity index (χ2n) is 4.32. The first-order chi connectivity index (χ1) is 10.3. The molecule has 0 aromatic heterocycles. The second-order valence-corrected chi connectivity index (χ2v) is 4.32. The summed E-state index contributed by atoms with van der Waals surface area (Å²) in [5, 5.41) is 20.2. The van der Waals surface area contributed by atoms with Gasteiger partial charge in [0.25, 0.3) is 0 Å². The summed E-state index contributed by atoms with van der Waals surface area (Å²) in [6.45, 7) is 3.86. The molecule has 3 aromatic rings. The summed E-state index contributed by atoms with van der Waals surface area (Å²) in [7, 11) is 0.750. The molecule has 0 amide bonds. The average Bonchev–Trinajstić information content (AvgIpc) is 2.53. The third-order valence-corrected chi connectivity index (χ3v) is 3.12. The Morgan fingerprint density at radius 1 is 0.857 bits per heavy atom. The zero-order chi connectivity index (χ0) is 15.1. The lowest BCUT2D eigenvalue weighted by Gasteiger charge is -2.04. The van der Waals surface area contributed by atoms with Crippen molar-refractivity contribution in [2.75, 3.05) is 0 Å². The van der Waals surface area contributed by atoms with Gasteiger partial charge in [-0.2, -0.15) is 0 Å². The molecular formula is C16H14B2O3. The van der Waals surface area contributed by atoms with Gasteiger partial charge in [-0.3, -0.25) is 0 Å². The zero-order valence-corrected chi connectivity index (χ0v) is 11.4. The van der Waals surface area contributed by atoms with Gasteiger partial charge in [-0.25, -0.2) is 0 Å². The quantitative estimate of drug-likeness (QED) is 0.571.